The molecular weight excluding hydrogens is 517 g/mol. The van der Waals surface area contributed by atoms with Gasteiger partial charge in [-0.1, -0.05) is 18.7 Å². The second kappa shape index (κ2) is 11.4. The number of ketones is 1. The van der Waals surface area contributed by atoms with Crippen molar-refractivity contribution < 1.29 is 18.0 Å². The smallest absolute Gasteiger partial charge is 0.267 e. The third kappa shape index (κ3) is 5.78. The van der Waals surface area contributed by atoms with E-state index in [2.05, 4.69) is 16.7 Å². The van der Waals surface area contributed by atoms with Gasteiger partial charge in [-0.15, -0.1) is 0 Å². The number of halogens is 3. The second-order valence-corrected chi connectivity index (χ2v) is 10.2. The lowest BCUT2D eigenvalue weighted by Crippen LogP contribution is -2.20. The molecule has 3 N–H and O–H groups in total. The first kappa shape index (κ1) is 27.2. The lowest BCUT2D eigenvalue weighted by Gasteiger charge is -2.21. The summed E-state index contributed by atoms with van der Waals surface area (Å²) in [6.45, 7) is 3.61. The van der Waals surface area contributed by atoms with Gasteiger partial charge in [0.2, 0.25) is 0 Å². The first-order valence-electron chi connectivity index (χ1n) is 13.2. The summed E-state index contributed by atoms with van der Waals surface area (Å²) in [5.74, 6) is -2.71. The molecule has 4 aromatic rings. The van der Waals surface area contributed by atoms with E-state index in [0.717, 1.165) is 36.6 Å². The zero-order valence-corrected chi connectivity index (χ0v) is 21.9. The standard InChI is InChI=1S/C31H29F3N4O2/c1-18(35)27-15-20(8-9-28(27)34)25-6-4-10-36-30(25)21(11-19-12-22(32)16-23(33)13-19)14-24(39)17-38-29-7-3-2-5-26(29)31(40)37-38/h4,6,8-10,12-13,15-16,21H,1-3,5,7,11,14,17,35H2,(H,37,40)/t21-/m1/s1. The molecule has 1 aliphatic rings. The average Bonchev–Trinajstić information content (AvgIpc) is 3.23. The van der Waals surface area contributed by atoms with Gasteiger partial charge < -0.3 is 5.73 Å². The van der Waals surface area contributed by atoms with Crippen LogP contribution in [0.4, 0.5) is 13.2 Å². The van der Waals surface area contributed by atoms with Crippen molar-refractivity contribution >= 4 is 11.5 Å². The van der Waals surface area contributed by atoms with E-state index < -0.39 is 23.4 Å². The number of carbonyl (C=O) groups excluding carboxylic acids is 1. The number of aromatic amines is 1. The van der Waals surface area contributed by atoms with E-state index in [1.165, 1.54) is 18.2 Å². The number of fused-ring (bicyclic) bond motifs is 1. The van der Waals surface area contributed by atoms with E-state index in [4.69, 9.17) is 5.73 Å². The van der Waals surface area contributed by atoms with Crippen molar-refractivity contribution in [2.45, 2.75) is 51.0 Å². The number of hydrogen-bond acceptors (Lipinski definition) is 4. The number of nitrogens with two attached hydrogens (primary N) is 1. The molecule has 0 bridgehead atoms. The summed E-state index contributed by atoms with van der Waals surface area (Å²) < 4.78 is 44.1. The Kier molecular flexibility index (Phi) is 7.73. The maximum atomic E-state index is 14.4. The van der Waals surface area contributed by atoms with Crippen LogP contribution in [0.1, 0.15) is 53.3 Å². The SMILES string of the molecule is C=C(N)c1cc(-c2cccnc2[C@@H](CC(=O)Cn2[nH]c(=O)c3c2CCCC3)Cc2cc(F)cc(F)c2)ccc1F. The van der Waals surface area contributed by atoms with Gasteiger partial charge in [-0.3, -0.25) is 24.4 Å². The molecule has 0 radical (unpaired) electrons. The Balaban J connectivity index is 1.52. The minimum absolute atomic E-state index is 0.00518. The second-order valence-electron chi connectivity index (χ2n) is 10.2. The molecule has 1 aliphatic carbocycles. The van der Waals surface area contributed by atoms with Gasteiger partial charge in [-0.25, -0.2) is 13.2 Å². The fourth-order valence-corrected chi connectivity index (χ4v) is 5.54. The third-order valence-electron chi connectivity index (χ3n) is 7.34. The van der Waals surface area contributed by atoms with Crippen LogP contribution in [-0.2, 0) is 30.6 Å². The molecule has 2 aromatic heterocycles. The molecule has 0 spiro atoms. The fraction of sp³-hybridized carbons (Fsp3) is 0.258. The number of benzene rings is 2. The third-order valence-corrected chi connectivity index (χ3v) is 7.34. The molecule has 0 saturated heterocycles. The predicted octanol–water partition coefficient (Wildman–Crippen LogP) is 5.45. The highest BCUT2D eigenvalue weighted by atomic mass is 19.1. The molecule has 5 rings (SSSR count). The predicted molar refractivity (Wildman–Crippen MR) is 147 cm³/mol. The minimum atomic E-state index is -0.720. The molecule has 6 nitrogen and oxygen atoms in total. The Bertz CT molecular complexity index is 1640. The molecule has 0 amide bonds. The van der Waals surface area contributed by atoms with Crippen LogP contribution in [0.15, 0.2) is 66.1 Å². The van der Waals surface area contributed by atoms with Crippen LogP contribution in [0.3, 0.4) is 0 Å². The van der Waals surface area contributed by atoms with Gasteiger partial charge in [0.1, 0.15) is 17.5 Å². The van der Waals surface area contributed by atoms with Crippen LogP contribution in [-0.4, -0.2) is 20.5 Å². The Hall–Kier alpha value is -4.40. The lowest BCUT2D eigenvalue weighted by molar-refractivity contribution is -0.120. The van der Waals surface area contributed by atoms with Crippen molar-refractivity contribution in [1.82, 2.24) is 14.8 Å². The quantitative estimate of drug-likeness (QED) is 0.292. The zero-order valence-electron chi connectivity index (χ0n) is 21.9. The normalized spacial score (nSPS) is 13.6. The first-order valence-corrected chi connectivity index (χ1v) is 13.2. The molecule has 1 atom stereocenters. The number of nitrogens with one attached hydrogen (secondary N) is 1. The number of nitrogens with zero attached hydrogens (tertiary/aromatic N) is 2. The van der Waals surface area contributed by atoms with E-state index in [1.807, 2.05) is 0 Å². The van der Waals surface area contributed by atoms with Gasteiger partial charge in [-0.2, -0.15) is 0 Å². The minimum Gasteiger partial charge on any atom is -0.399 e. The van der Waals surface area contributed by atoms with E-state index in [9.17, 15) is 22.8 Å². The van der Waals surface area contributed by atoms with Crippen LogP contribution in [0.25, 0.3) is 16.8 Å². The van der Waals surface area contributed by atoms with Crippen molar-refractivity contribution in [2.75, 3.05) is 0 Å². The number of pyridine rings is 1. The van der Waals surface area contributed by atoms with Crippen molar-refractivity contribution in [1.29, 1.82) is 0 Å². The van der Waals surface area contributed by atoms with Gasteiger partial charge >= 0.3 is 0 Å². The number of hydrogen-bond donors (Lipinski definition) is 2. The number of Topliss-reactive ketones (excluding diaryl/α,β-unsaturated/α-hetero) is 1. The number of carbonyl (C=O) groups is 1. The maximum absolute atomic E-state index is 14.4. The number of rotatable bonds is 9. The average molecular weight is 547 g/mol. The summed E-state index contributed by atoms with van der Waals surface area (Å²) in [6, 6.07) is 11.2. The maximum Gasteiger partial charge on any atom is 0.267 e. The topological polar surface area (TPSA) is 93.8 Å². The summed E-state index contributed by atoms with van der Waals surface area (Å²) in [4.78, 5) is 30.4. The lowest BCUT2D eigenvalue weighted by atomic mass is 9.86. The first-order chi connectivity index (χ1) is 19.2. The summed E-state index contributed by atoms with van der Waals surface area (Å²) in [5.41, 5.74) is 9.54. The number of H-pyrrole nitrogens is 1. The Morgan fingerprint density at radius 2 is 1.82 bits per heavy atom. The van der Waals surface area contributed by atoms with Gasteiger partial charge in [-0.05, 0) is 73.6 Å². The molecular formula is C31H29F3N4O2. The molecule has 40 heavy (non-hydrogen) atoms. The van der Waals surface area contributed by atoms with E-state index in [-0.39, 0.29) is 42.0 Å². The zero-order chi connectivity index (χ0) is 28.4. The summed E-state index contributed by atoms with van der Waals surface area (Å²) in [7, 11) is 0. The number of aromatic nitrogens is 3. The molecule has 206 valence electrons. The Morgan fingerprint density at radius 3 is 2.58 bits per heavy atom. The van der Waals surface area contributed by atoms with Crippen LogP contribution in [0, 0.1) is 17.5 Å². The van der Waals surface area contributed by atoms with Crippen molar-refractivity contribution in [3.8, 4) is 11.1 Å². The highest BCUT2D eigenvalue weighted by Gasteiger charge is 2.25. The largest absolute Gasteiger partial charge is 0.399 e. The highest BCUT2D eigenvalue weighted by molar-refractivity contribution is 5.80. The highest BCUT2D eigenvalue weighted by Crippen LogP contribution is 2.34. The summed E-state index contributed by atoms with van der Waals surface area (Å²) >= 11 is 0. The molecule has 0 unspecified atom stereocenters. The van der Waals surface area contributed by atoms with Crippen molar-refractivity contribution in [2.24, 2.45) is 5.73 Å². The Labute approximate surface area is 229 Å². The van der Waals surface area contributed by atoms with Crippen molar-refractivity contribution in [3.63, 3.8) is 0 Å². The van der Waals surface area contributed by atoms with Crippen LogP contribution >= 0.6 is 0 Å². The molecule has 0 saturated carbocycles. The van der Waals surface area contributed by atoms with Crippen LogP contribution < -0.4 is 11.3 Å². The van der Waals surface area contributed by atoms with E-state index in [0.29, 0.717) is 28.8 Å². The fourth-order valence-electron chi connectivity index (χ4n) is 5.54. The summed E-state index contributed by atoms with van der Waals surface area (Å²) in [5, 5.41) is 2.79. The molecule has 2 heterocycles. The molecule has 0 aliphatic heterocycles. The molecule has 9 heteroatoms. The van der Waals surface area contributed by atoms with E-state index in [1.54, 1.807) is 35.1 Å². The van der Waals surface area contributed by atoms with Crippen LogP contribution in [0.5, 0.6) is 0 Å². The van der Waals surface area contributed by atoms with Gasteiger partial charge in [0.15, 0.2) is 5.78 Å². The van der Waals surface area contributed by atoms with E-state index >= 15 is 0 Å². The molecule has 0 fully saturated rings. The van der Waals surface area contributed by atoms with Crippen LogP contribution in [0.2, 0.25) is 0 Å². The monoisotopic (exact) mass is 546 g/mol. The van der Waals surface area contributed by atoms with Gasteiger partial charge in [0, 0.05) is 52.7 Å². The molecule has 2 aromatic carbocycles. The van der Waals surface area contributed by atoms with Gasteiger partial charge in [0.25, 0.3) is 5.56 Å². The summed E-state index contributed by atoms with van der Waals surface area (Å²) in [6.07, 6.45) is 4.98. The Morgan fingerprint density at radius 1 is 1.07 bits per heavy atom. The van der Waals surface area contributed by atoms with Gasteiger partial charge in [0.05, 0.1) is 12.2 Å². The van der Waals surface area contributed by atoms with Crippen molar-refractivity contribution in [3.05, 3.63) is 117 Å².